The third kappa shape index (κ3) is 5.27. The monoisotopic (exact) mass is 280 g/mol. The van der Waals surface area contributed by atoms with Crippen molar-refractivity contribution in [1.29, 1.82) is 0 Å². The lowest BCUT2D eigenvalue weighted by Gasteiger charge is -2.25. The van der Waals surface area contributed by atoms with Crippen molar-refractivity contribution in [3.05, 3.63) is 23.9 Å². The molecule has 20 heavy (non-hydrogen) atoms. The number of anilines is 1. The summed E-state index contributed by atoms with van der Waals surface area (Å²) < 4.78 is 10.8. The van der Waals surface area contributed by atoms with Gasteiger partial charge in [-0.1, -0.05) is 0 Å². The van der Waals surface area contributed by atoms with Gasteiger partial charge in [-0.05, 0) is 32.9 Å². The van der Waals surface area contributed by atoms with Gasteiger partial charge in [-0.3, -0.25) is 4.79 Å². The second-order valence-electron chi connectivity index (χ2n) is 4.31. The van der Waals surface area contributed by atoms with Crippen molar-refractivity contribution in [1.82, 2.24) is 4.98 Å². The second kappa shape index (κ2) is 9.44. The van der Waals surface area contributed by atoms with Crippen LogP contribution in [-0.4, -0.2) is 50.3 Å². The van der Waals surface area contributed by atoms with Crippen LogP contribution in [0, 0.1) is 0 Å². The predicted octanol–water partition coefficient (Wildman–Crippen LogP) is 2.16. The molecule has 0 saturated carbocycles. The summed E-state index contributed by atoms with van der Waals surface area (Å²) in [4.78, 5) is 18.1. The van der Waals surface area contributed by atoms with Crippen molar-refractivity contribution in [3.8, 4) is 0 Å². The van der Waals surface area contributed by atoms with E-state index in [1.54, 1.807) is 25.3 Å². The molecule has 1 heterocycles. The Labute approximate surface area is 120 Å². The Bertz CT molecular complexity index is 400. The van der Waals surface area contributed by atoms with E-state index in [0.717, 1.165) is 0 Å². The van der Waals surface area contributed by atoms with Crippen LogP contribution < -0.4 is 4.90 Å². The molecule has 0 amide bonds. The molecule has 0 aliphatic rings. The van der Waals surface area contributed by atoms with Crippen molar-refractivity contribution in [2.75, 3.05) is 44.4 Å². The first kappa shape index (κ1) is 16.6. The lowest BCUT2D eigenvalue weighted by atomic mass is 10.2. The fourth-order valence-electron chi connectivity index (χ4n) is 1.89. The van der Waals surface area contributed by atoms with Crippen molar-refractivity contribution >= 4 is 11.6 Å². The van der Waals surface area contributed by atoms with Gasteiger partial charge in [0.1, 0.15) is 5.82 Å². The van der Waals surface area contributed by atoms with E-state index in [4.69, 9.17) is 9.47 Å². The Kier molecular flexibility index (Phi) is 7.84. The smallest absolute Gasteiger partial charge is 0.163 e. The maximum Gasteiger partial charge on any atom is 0.163 e. The van der Waals surface area contributed by atoms with Crippen LogP contribution in [0.4, 0.5) is 5.82 Å². The lowest BCUT2D eigenvalue weighted by molar-refractivity contribution is 0.101. The minimum Gasteiger partial charge on any atom is -0.380 e. The molecule has 0 spiro atoms. The van der Waals surface area contributed by atoms with E-state index in [2.05, 4.69) is 4.98 Å². The third-order valence-corrected chi connectivity index (χ3v) is 2.88. The summed E-state index contributed by atoms with van der Waals surface area (Å²) in [5.41, 5.74) is 0.639. The van der Waals surface area contributed by atoms with Gasteiger partial charge >= 0.3 is 0 Å². The molecule has 0 bridgehead atoms. The average molecular weight is 280 g/mol. The van der Waals surface area contributed by atoms with E-state index in [-0.39, 0.29) is 5.78 Å². The summed E-state index contributed by atoms with van der Waals surface area (Å²) in [6, 6.07) is 3.59. The highest BCUT2D eigenvalue weighted by Crippen LogP contribution is 2.17. The molecule has 0 aromatic carbocycles. The van der Waals surface area contributed by atoms with Crippen LogP contribution >= 0.6 is 0 Å². The van der Waals surface area contributed by atoms with Crippen molar-refractivity contribution < 1.29 is 14.3 Å². The van der Waals surface area contributed by atoms with Crippen LogP contribution in [0.5, 0.6) is 0 Å². The first-order chi connectivity index (χ1) is 9.70. The Hall–Kier alpha value is -1.46. The number of rotatable bonds is 10. The highest BCUT2D eigenvalue weighted by atomic mass is 16.5. The topological polar surface area (TPSA) is 51.7 Å². The molecule has 5 heteroatoms. The van der Waals surface area contributed by atoms with Crippen LogP contribution in [0.2, 0.25) is 0 Å². The van der Waals surface area contributed by atoms with Crippen LogP contribution in [0.1, 0.15) is 31.1 Å². The minimum atomic E-state index is 0.0194. The lowest BCUT2D eigenvalue weighted by Crippen LogP contribution is -2.33. The van der Waals surface area contributed by atoms with Gasteiger partial charge in [0, 0.05) is 32.5 Å². The maximum atomic E-state index is 11.7. The summed E-state index contributed by atoms with van der Waals surface area (Å²) in [7, 11) is 0. The van der Waals surface area contributed by atoms with E-state index in [9.17, 15) is 4.79 Å². The largest absolute Gasteiger partial charge is 0.380 e. The van der Waals surface area contributed by atoms with Gasteiger partial charge in [0.2, 0.25) is 0 Å². The van der Waals surface area contributed by atoms with Crippen LogP contribution in [0.15, 0.2) is 18.3 Å². The van der Waals surface area contributed by atoms with Gasteiger partial charge in [0.15, 0.2) is 5.78 Å². The normalized spacial score (nSPS) is 10.6. The molecule has 0 aliphatic heterocycles. The Morgan fingerprint density at radius 1 is 1.20 bits per heavy atom. The number of carbonyl (C=O) groups excluding carboxylic acids is 1. The molecular weight excluding hydrogens is 256 g/mol. The van der Waals surface area contributed by atoms with Gasteiger partial charge in [-0.2, -0.15) is 0 Å². The van der Waals surface area contributed by atoms with Gasteiger partial charge in [-0.15, -0.1) is 0 Å². The number of carbonyl (C=O) groups is 1. The average Bonchev–Trinajstić information content (AvgIpc) is 2.46. The molecule has 0 N–H and O–H groups in total. The van der Waals surface area contributed by atoms with E-state index in [1.165, 1.54) is 0 Å². The van der Waals surface area contributed by atoms with Crippen LogP contribution in [-0.2, 0) is 9.47 Å². The molecule has 1 aromatic heterocycles. The number of ether oxygens (including phenoxy) is 2. The number of nitrogens with zero attached hydrogens (tertiary/aromatic N) is 2. The minimum absolute atomic E-state index is 0.0194. The van der Waals surface area contributed by atoms with Gasteiger partial charge in [0.25, 0.3) is 0 Å². The van der Waals surface area contributed by atoms with Gasteiger partial charge < -0.3 is 14.4 Å². The zero-order valence-corrected chi connectivity index (χ0v) is 12.6. The highest BCUT2D eigenvalue weighted by molar-refractivity contribution is 5.98. The quantitative estimate of drug-likeness (QED) is 0.485. The van der Waals surface area contributed by atoms with Crippen molar-refractivity contribution in [3.63, 3.8) is 0 Å². The number of ketones is 1. The Balaban J connectivity index is 2.81. The SMILES string of the molecule is CCOCCN(CCOCC)c1ncccc1C(C)=O. The third-order valence-electron chi connectivity index (χ3n) is 2.88. The van der Waals surface area contributed by atoms with E-state index >= 15 is 0 Å². The first-order valence-corrected chi connectivity index (χ1v) is 7.07. The Morgan fingerprint density at radius 2 is 1.80 bits per heavy atom. The number of aromatic nitrogens is 1. The molecular formula is C15H24N2O3. The van der Waals surface area contributed by atoms with E-state index < -0.39 is 0 Å². The standard InChI is InChI=1S/C15H24N2O3/c1-4-19-11-9-17(10-12-20-5-2)15-14(13(3)18)7-6-8-16-15/h6-8H,4-5,9-12H2,1-3H3. The zero-order valence-electron chi connectivity index (χ0n) is 12.6. The molecule has 112 valence electrons. The summed E-state index contributed by atoms with van der Waals surface area (Å²) in [5, 5.41) is 0. The molecule has 0 fully saturated rings. The fraction of sp³-hybridized carbons (Fsp3) is 0.600. The molecule has 1 rings (SSSR count). The van der Waals surface area contributed by atoms with Crippen molar-refractivity contribution in [2.45, 2.75) is 20.8 Å². The van der Waals surface area contributed by atoms with E-state index in [1.807, 2.05) is 18.7 Å². The number of pyridine rings is 1. The van der Waals surface area contributed by atoms with Crippen LogP contribution in [0.25, 0.3) is 0 Å². The zero-order chi connectivity index (χ0) is 14.8. The van der Waals surface area contributed by atoms with Gasteiger partial charge in [-0.25, -0.2) is 4.98 Å². The number of hydrogen-bond acceptors (Lipinski definition) is 5. The van der Waals surface area contributed by atoms with Gasteiger partial charge in [0.05, 0.1) is 18.8 Å². The van der Waals surface area contributed by atoms with E-state index in [0.29, 0.717) is 50.9 Å². The first-order valence-electron chi connectivity index (χ1n) is 7.07. The fourth-order valence-corrected chi connectivity index (χ4v) is 1.89. The molecule has 0 unspecified atom stereocenters. The molecule has 0 radical (unpaired) electrons. The molecule has 5 nitrogen and oxygen atoms in total. The second-order valence-corrected chi connectivity index (χ2v) is 4.31. The molecule has 0 aliphatic carbocycles. The number of Topliss-reactive ketones (excluding diaryl/α,β-unsaturated/α-hetero) is 1. The van der Waals surface area contributed by atoms with Crippen LogP contribution in [0.3, 0.4) is 0 Å². The molecule has 0 saturated heterocycles. The predicted molar refractivity (Wildman–Crippen MR) is 79.4 cm³/mol. The molecule has 0 atom stereocenters. The summed E-state index contributed by atoms with van der Waals surface area (Å²) >= 11 is 0. The summed E-state index contributed by atoms with van der Waals surface area (Å²) in [6.45, 7) is 9.45. The maximum absolute atomic E-state index is 11.7. The van der Waals surface area contributed by atoms with Crippen molar-refractivity contribution in [2.24, 2.45) is 0 Å². The molecule has 1 aromatic rings. The summed E-state index contributed by atoms with van der Waals surface area (Å²) in [6.07, 6.45) is 1.70. The number of hydrogen-bond donors (Lipinski definition) is 0. The Morgan fingerprint density at radius 3 is 2.30 bits per heavy atom. The summed E-state index contributed by atoms with van der Waals surface area (Å²) in [5.74, 6) is 0.727. The highest BCUT2D eigenvalue weighted by Gasteiger charge is 2.15.